The van der Waals surface area contributed by atoms with E-state index < -0.39 is 4.92 Å². The molecule has 0 aliphatic carbocycles. The summed E-state index contributed by atoms with van der Waals surface area (Å²) in [4.78, 5) is 14.9. The molecule has 0 fully saturated rings. The number of rotatable bonds is 6. The van der Waals surface area contributed by atoms with Gasteiger partial charge in [-0.1, -0.05) is 6.92 Å². The Bertz CT molecular complexity index is 627. The minimum Gasteiger partial charge on any atom is -0.494 e. The van der Waals surface area contributed by atoms with Gasteiger partial charge in [-0.15, -0.1) is 0 Å². The molecule has 1 heterocycles. The van der Waals surface area contributed by atoms with Crippen molar-refractivity contribution in [1.29, 1.82) is 0 Å². The fraction of sp³-hybridized carbons (Fsp3) is 0.267. The molecule has 1 aromatic carbocycles. The standard InChI is InChI=1S/C15H17N3O3/c1-3-8-21-13-6-4-11(5-7-13)14-9-12(18(19)20)10-15(16-2)17-14/h4-7,9-10H,3,8H2,1-2H3,(H,16,17). The van der Waals surface area contributed by atoms with E-state index in [4.69, 9.17) is 4.74 Å². The van der Waals surface area contributed by atoms with E-state index in [1.54, 1.807) is 7.05 Å². The average molecular weight is 287 g/mol. The zero-order valence-electron chi connectivity index (χ0n) is 12.0. The average Bonchev–Trinajstić information content (AvgIpc) is 2.52. The first-order valence-corrected chi connectivity index (χ1v) is 6.71. The lowest BCUT2D eigenvalue weighted by Crippen LogP contribution is -1.98. The number of nitro groups is 1. The molecule has 0 unspecified atom stereocenters. The van der Waals surface area contributed by atoms with Crippen LogP contribution in [0.25, 0.3) is 11.3 Å². The molecule has 0 saturated heterocycles. The molecule has 1 N–H and O–H groups in total. The largest absolute Gasteiger partial charge is 0.494 e. The number of hydrogen-bond donors (Lipinski definition) is 1. The second kappa shape index (κ2) is 6.69. The Hall–Kier alpha value is -2.63. The van der Waals surface area contributed by atoms with Crippen molar-refractivity contribution in [2.24, 2.45) is 0 Å². The summed E-state index contributed by atoms with van der Waals surface area (Å²) in [6.45, 7) is 2.71. The number of benzene rings is 1. The number of aromatic nitrogens is 1. The highest BCUT2D eigenvalue weighted by Crippen LogP contribution is 2.26. The fourth-order valence-electron chi connectivity index (χ4n) is 1.84. The minimum atomic E-state index is -0.426. The Kier molecular flexibility index (Phi) is 4.71. The van der Waals surface area contributed by atoms with Gasteiger partial charge in [0.2, 0.25) is 0 Å². The van der Waals surface area contributed by atoms with Crippen LogP contribution in [0.1, 0.15) is 13.3 Å². The molecule has 0 radical (unpaired) electrons. The van der Waals surface area contributed by atoms with Crippen molar-refractivity contribution in [2.45, 2.75) is 13.3 Å². The summed E-state index contributed by atoms with van der Waals surface area (Å²) in [5.41, 5.74) is 1.37. The first-order valence-electron chi connectivity index (χ1n) is 6.71. The summed E-state index contributed by atoms with van der Waals surface area (Å²) in [7, 11) is 1.68. The zero-order valence-corrected chi connectivity index (χ0v) is 12.0. The Morgan fingerprint density at radius 2 is 2.00 bits per heavy atom. The molecule has 110 valence electrons. The molecule has 0 atom stereocenters. The Balaban J connectivity index is 2.32. The van der Waals surface area contributed by atoms with E-state index in [2.05, 4.69) is 10.3 Å². The highest BCUT2D eigenvalue weighted by molar-refractivity contribution is 5.65. The van der Waals surface area contributed by atoms with Crippen molar-refractivity contribution in [2.75, 3.05) is 19.0 Å². The smallest absolute Gasteiger partial charge is 0.275 e. The number of nitrogens with one attached hydrogen (secondary N) is 1. The zero-order chi connectivity index (χ0) is 15.2. The fourth-order valence-corrected chi connectivity index (χ4v) is 1.84. The van der Waals surface area contributed by atoms with Gasteiger partial charge < -0.3 is 10.1 Å². The molecule has 1 aromatic heterocycles. The minimum absolute atomic E-state index is 0.00987. The maximum atomic E-state index is 11.0. The molecular formula is C15H17N3O3. The summed E-state index contributed by atoms with van der Waals surface area (Å²) in [5, 5.41) is 13.8. The Labute approximate surface area is 122 Å². The van der Waals surface area contributed by atoms with Crippen LogP contribution in [0.4, 0.5) is 11.5 Å². The molecule has 0 aliphatic heterocycles. The van der Waals surface area contributed by atoms with Gasteiger partial charge in [0.15, 0.2) is 0 Å². The van der Waals surface area contributed by atoms with E-state index in [-0.39, 0.29) is 5.69 Å². The molecule has 0 saturated carbocycles. The Morgan fingerprint density at radius 1 is 1.29 bits per heavy atom. The quantitative estimate of drug-likeness (QED) is 0.650. The van der Waals surface area contributed by atoms with Crippen LogP contribution in [0.2, 0.25) is 0 Å². The van der Waals surface area contributed by atoms with Crippen LogP contribution in [0.3, 0.4) is 0 Å². The molecule has 21 heavy (non-hydrogen) atoms. The summed E-state index contributed by atoms with van der Waals surface area (Å²) >= 11 is 0. The number of nitrogens with zero attached hydrogens (tertiary/aromatic N) is 2. The third kappa shape index (κ3) is 3.68. The van der Waals surface area contributed by atoms with Crippen molar-refractivity contribution >= 4 is 11.5 Å². The lowest BCUT2D eigenvalue weighted by atomic mass is 10.1. The van der Waals surface area contributed by atoms with Crippen molar-refractivity contribution in [3.63, 3.8) is 0 Å². The van der Waals surface area contributed by atoms with E-state index >= 15 is 0 Å². The van der Waals surface area contributed by atoms with Gasteiger partial charge in [0.1, 0.15) is 11.6 Å². The van der Waals surface area contributed by atoms with E-state index in [1.165, 1.54) is 12.1 Å². The SMILES string of the molecule is CCCOc1ccc(-c2cc([N+](=O)[O-])cc(NC)n2)cc1. The van der Waals surface area contributed by atoms with Crippen LogP contribution < -0.4 is 10.1 Å². The van der Waals surface area contributed by atoms with Gasteiger partial charge in [-0.3, -0.25) is 10.1 Å². The summed E-state index contributed by atoms with van der Waals surface area (Å²) in [6.07, 6.45) is 0.944. The van der Waals surface area contributed by atoms with Crippen LogP contribution in [0.15, 0.2) is 36.4 Å². The van der Waals surface area contributed by atoms with Gasteiger partial charge in [0.05, 0.1) is 23.3 Å². The first kappa shape index (κ1) is 14.8. The number of anilines is 1. The lowest BCUT2D eigenvalue weighted by Gasteiger charge is -2.07. The van der Waals surface area contributed by atoms with Gasteiger partial charge >= 0.3 is 0 Å². The van der Waals surface area contributed by atoms with Crippen molar-refractivity contribution in [3.05, 3.63) is 46.5 Å². The number of pyridine rings is 1. The molecule has 0 bridgehead atoms. The maximum Gasteiger partial charge on any atom is 0.275 e. The predicted molar refractivity (Wildman–Crippen MR) is 81.7 cm³/mol. The number of hydrogen-bond acceptors (Lipinski definition) is 5. The second-order valence-corrected chi connectivity index (χ2v) is 4.48. The molecule has 6 heteroatoms. The normalized spacial score (nSPS) is 10.2. The van der Waals surface area contributed by atoms with Gasteiger partial charge in [0.25, 0.3) is 5.69 Å². The van der Waals surface area contributed by atoms with Crippen LogP contribution in [-0.4, -0.2) is 23.6 Å². The maximum absolute atomic E-state index is 11.0. The monoisotopic (exact) mass is 287 g/mol. The van der Waals surface area contributed by atoms with Gasteiger partial charge in [0, 0.05) is 18.7 Å². The van der Waals surface area contributed by atoms with Crippen LogP contribution in [-0.2, 0) is 0 Å². The molecule has 0 aliphatic rings. The van der Waals surface area contributed by atoms with Gasteiger partial charge in [-0.25, -0.2) is 4.98 Å². The highest BCUT2D eigenvalue weighted by atomic mass is 16.6. The van der Waals surface area contributed by atoms with E-state index in [9.17, 15) is 10.1 Å². The molecular weight excluding hydrogens is 270 g/mol. The highest BCUT2D eigenvalue weighted by Gasteiger charge is 2.12. The van der Waals surface area contributed by atoms with Crippen LogP contribution in [0.5, 0.6) is 5.75 Å². The van der Waals surface area contributed by atoms with Gasteiger partial charge in [-0.05, 0) is 30.7 Å². The number of ether oxygens (including phenoxy) is 1. The van der Waals surface area contributed by atoms with E-state index in [0.29, 0.717) is 18.1 Å². The summed E-state index contributed by atoms with van der Waals surface area (Å²) < 4.78 is 5.51. The van der Waals surface area contributed by atoms with Crippen LogP contribution in [0, 0.1) is 10.1 Å². The molecule has 2 rings (SSSR count). The first-order chi connectivity index (χ1) is 10.1. The molecule has 2 aromatic rings. The summed E-state index contributed by atoms with van der Waals surface area (Å²) in [5.74, 6) is 1.24. The lowest BCUT2D eigenvalue weighted by molar-refractivity contribution is -0.384. The second-order valence-electron chi connectivity index (χ2n) is 4.48. The molecule has 0 amide bonds. The van der Waals surface area contributed by atoms with Crippen molar-refractivity contribution in [3.8, 4) is 17.0 Å². The molecule has 0 spiro atoms. The Morgan fingerprint density at radius 3 is 2.57 bits per heavy atom. The van der Waals surface area contributed by atoms with E-state index in [1.807, 2.05) is 31.2 Å². The predicted octanol–water partition coefficient (Wildman–Crippen LogP) is 3.49. The summed E-state index contributed by atoms with van der Waals surface area (Å²) in [6, 6.07) is 10.2. The van der Waals surface area contributed by atoms with Gasteiger partial charge in [-0.2, -0.15) is 0 Å². The van der Waals surface area contributed by atoms with Crippen molar-refractivity contribution in [1.82, 2.24) is 4.98 Å². The van der Waals surface area contributed by atoms with E-state index in [0.717, 1.165) is 17.7 Å². The third-order valence-electron chi connectivity index (χ3n) is 2.90. The topological polar surface area (TPSA) is 77.3 Å². The van der Waals surface area contributed by atoms with Crippen LogP contribution >= 0.6 is 0 Å². The molecule has 6 nitrogen and oxygen atoms in total. The third-order valence-corrected chi connectivity index (χ3v) is 2.90. The van der Waals surface area contributed by atoms with Crippen molar-refractivity contribution < 1.29 is 9.66 Å².